The number of benzene rings is 2. The van der Waals surface area contributed by atoms with Crippen LogP contribution in [0.25, 0.3) is 0 Å². The van der Waals surface area contributed by atoms with Crippen molar-refractivity contribution in [2.45, 2.75) is 30.6 Å². The molecule has 2 aromatic carbocycles. The zero-order valence-electron chi connectivity index (χ0n) is 16.4. The van der Waals surface area contributed by atoms with E-state index in [-0.39, 0.29) is 5.91 Å². The van der Waals surface area contributed by atoms with E-state index in [9.17, 15) is 9.59 Å². The Balaban J connectivity index is 0.000000206. The highest BCUT2D eigenvalue weighted by molar-refractivity contribution is 8.00. The van der Waals surface area contributed by atoms with Gasteiger partial charge in [-0.1, -0.05) is 48.5 Å². The highest BCUT2D eigenvalue weighted by Gasteiger charge is 2.22. The number of carbonyl (C=O) groups is 2. The molecule has 0 radical (unpaired) electrons. The van der Waals surface area contributed by atoms with Gasteiger partial charge in [0.2, 0.25) is 12.3 Å². The third-order valence-electron chi connectivity index (χ3n) is 5.11. The van der Waals surface area contributed by atoms with E-state index in [0.29, 0.717) is 31.9 Å². The Morgan fingerprint density at radius 2 is 1.64 bits per heavy atom. The SMILES string of the molecule is Cc1ccccc1SCC(=O)N1CCN(C=O)CC1.c1ccc(C2CC2)cc1. The number of thioether (sulfide) groups is 1. The largest absolute Gasteiger partial charge is 0.342 e. The van der Waals surface area contributed by atoms with Crippen molar-refractivity contribution in [3.63, 3.8) is 0 Å². The van der Waals surface area contributed by atoms with Gasteiger partial charge in [0.05, 0.1) is 5.75 Å². The van der Waals surface area contributed by atoms with E-state index in [4.69, 9.17) is 0 Å². The Labute approximate surface area is 171 Å². The molecule has 2 aliphatic rings. The Morgan fingerprint density at radius 3 is 2.25 bits per heavy atom. The van der Waals surface area contributed by atoms with Crippen molar-refractivity contribution < 1.29 is 9.59 Å². The second kappa shape index (κ2) is 10.3. The smallest absolute Gasteiger partial charge is 0.233 e. The van der Waals surface area contributed by atoms with Crippen molar-refractivity contribution in [1.29, 1.82) is 0 Å². The Kier molecular flexibility index (Phi) is 7.54. The maximum atomic E-state index is 12.1. The molecule has 2 amide bonds. The Morgan fingerprint density at radius 1 is 1.00 bits per heavy atom. The van der Waals surface area contributed by atoms with E-state index in [0.717, 1.165) is 17.2 Å². The molecule has 4 nitrogen and oxygen atoms in total. The van der Waals surface area contributed by atoms with Gasteiger partial charge < -0.3 is 9.80 Å². The molecule has 0 bridgehead atoms. The molecule has 2 fully saturated rings. The predicted molar refractivity (Wildman–Crippen MR) is 115 cm³/mol. The zero-order chi connectivity index (χ0) is 19.8. The van der Waals surface area contributed by atoms with Gasteiger partial charge in [-0.05, 0) is 42.9 Å². The Hall–Kier alpha value is -2.27. The quantitative estimate of drug-likeness (QED) is 0.568. The number of amides is 2. The van der Waals surface area contributed by atoms with Crippen LogP contribution in [0.3, 0.4) is 0 Å². The molecule has 4 rings (SSSR count). The van der Waals surface area contributed by atoms with Crippen molar-refractivity contribution in [3.05, 3.63) is 65.7 Å². The summed E-state index contributed by atoms with van der Waals surface area (Å²) in [7, 11) is 0. The van der Waals surface area contributed by atoms with Gasteiger partial charge in [-0.15, -0.1) is 11.8 Å². The molecule has 5 heteroatoms. The van der Waals surface area contributed by atoms with Gasteiger partial charge in [-0.25, -0.2) is 0 Å². The van der Waals surface area contributed by atoms with Crippen molar-refractivity contribution in [2.75, 3.05) is 31.9 Å². The summed E-state index contributed by atoms with van der Waals surface area (Å²) in [5.74, 6) is 1.52. The first-order valence-electron chi connectivity index (χ1n) is 9.88. The van der Waals surface area contributed by atoms with Crippen LogP contribution in [-0.2, 0) is 9.59 Å². The topological polar surface area (TPSA) is 40.6 Å². The summed E-state index contributed by atoms with van der Waals surface area (Å²) in [6.45, 7) is 4.63. The fraction of sp³-hybridized carbons (Fsp3) is 0.391. The van der Waals surface area contributed by atoms with Crippen molar-refractivity contribution in [3.8, 4) is 0 Å². The van der Waals surface area contributed by atoms with E-state index >= 15 is 0 Å². The molecule has 0 spiro atoms. The molecular formula is C23H28N2O2S. The lowest BCUT2D eigenvalue weighted by molar-refractivity contribution is -0.132. The van der Waals surface area contributed by atoms with Crippen LogP contribution >= 0.6 is 11.8 Å². The molecular weight excluding hydrogens is 368 g/mol. The van der Waals surface area contributed by atoms with Gasteiger partial charge in [-0.3, -0.25) is 9.59 Å². The number of hydrogen-bond donors (Lipinski definition) is 0. The summed E-state index contributed by atoms with van der Waals surface area (Å²) in [4.78, 5) is 27.4. The highest BCUT2D eigenvalue weighted by atomic mass is 32.2. The van der Waals surface area contributed by atoms with E-state index in [1.165, 1.54) is 24.0 Å². The van der Waals surface area contributed by atoms with Crippen molar-refractivity contribution in [1.82, 2.24) is 9.80 Å². The summed E-state index contributed by atoms with van der Waals surface area (Å²) in [5.41, 5.74) is 2.73. The maximum absolute atomic E-state index is 12.1. The predicted octanol–water partition coefficient (Wildman–Crippen LogP) is 3.95. The van der Waals surface area contributed by atoms with E-state index in [1.54, 1.807) is 16.7 Å². The van der Waals surface area contributed by atoms with Crippen molar-refractivity contribution >= 4 is 24.1 Å². The lowest BCUT2D eigenvalue weighted by atomic mass is 10.1. The third-order valence-corrected chi connectivity index (χ3v) is 6.27. The van der Waals surface area contributed by atoms with Crippen molar-refractivity contribution in [2.24, 2.45) is 0 Å². The monoisotopic (exact) mass is 396 g/mol. The number of rotatable bonds is 5. The molecule has 0 N–H and O–H groups in total. The van der Waals surface area contributed by atoms with Crippen LogP contribution in [0.5, 0.6) is 0 Å². The molecule has 1 aliphatic heterocycles. The highest BCUT2D eigenvalue weighted by Crippen LogP contribution is 2.39. The summed E-state index contributed by atoms with van der Waals surface area (Å²) in [5, 5.41) is 0. The van der Waals surface area contributed by atoms with Crippen LogP contribution in [0, 0.1) is 6.92 Å². The summed E-state index contributed by atoms with van der Waals surface area (Å²) >= 11 is 1.58. The zero-order valence-corrected chi connectivity index (χ0v) is 17.2. The van der Waals surface area contributed by atoms with Crippen LogP contribution < -0.4 is 0 Å². The average molecular weight is 397 g/mol. The van der Waals surface area contributed by atoms with Crippen LogP contribution in [0.15, 0.2) is 59.5 Å². The number of nitrogens with zero attached hydrogens (tertiary/aromatic N) is 2. The second-order valence-electron chi connectivity index (χ2n) is 7.26. The molecule has 0 aromatic heterocycles. The molecule has 2 aromatic rings. The molecule has 1 saturated carbocycles. The number of aryl methyl sites for hydroxylation is 1. The summed E-state index contributed by atoms with van der Waals surface area (Å²) in [6, 6.07) is 18.8. The van der Waals surface area contributed by atoms with Crippen LogP contribution in [0.2, 0.25) is 0 Å². The number of piperazine rings is 1. The Bertz CT molecular complexity index is 769. The first-order valence-corrected chi connectivity index (χ1v) is 10.9. The van der Waals surface area contributed by atoms with Gasteiger partial charge in [0, 0.05) is 31.1 Å². The molecule has 1 heterocycles. The molecule has 1 saturated heterocycles. The number of carbonyl (C=O) groups excluding carboxylic acids is 2. The van der Waals surface area contributed by atoms with Gasteiger partial charge in [0.25, 0.3) is 0 Å². The van der Waals surface area contributed by atoms with Crippen LogP contribution in [-0.4, -0.2) is 54.0 Å². The van der Waals surface area contributed by atoms with Gasteiger partial charge in [0.1, 0.15) is 0 Å². The molecule has 0 unspecified atom stereocenters. The normalized spacial score (nSPS) is 16.2. The maximum Gasteiger partial charge on any atom is 0.233 e. The standard InChI is InChI=1S/C14H18N2O2S.C9H10/c1-12-4-2-3-5-13(12)19-10-14(18)16-8-6-15(11-17)7-9-16;1-2-4-8(5-3-1)9-6-7-9/h2-5,11H,6-10H2,1H3;1-5,9H,6-7H2. The lowest BCUT2D eigenvalue weighted by Gasteiger charge is -2.32. The molecule has 0 atom stereocenters. The first kappa shape index (κ1) is 20.5. The van der Waals surface area contributed by atoms with Crippen LogP contribution in [0.1, 0.15) is 29.9 Å². The van der Waals surface area contributed by atoms with Crippen LogP contribution in [0.4, 0.5) is 0 Å². The summed E-state index contributed by atoms with van der Waals surface area (Å²) in [6.07, 6.45) is 3.66. The van der Waals surface area contributed by atoms with E-state index in [2.05, 4.69) is 43.3 Å². The van der Waals surface area contributed by atoms with Gasteiger partial charge in [0.15, 0.2) is 0 Å². The van der Waals surface area contributed by atoms with Gasteiger partial charge >= 0.3 is 0 Å². The fourth-order valence-electron chi connectivity index (χ4n) is 3.17. The minimum Gasteiger partial charge on any atom is -0.342 e. The molecule has 28 heavy (non-hydrogen) atoms. The fourth-order valence-corrected chi connectivity index (χ4v) is 4.10. The van der Waals surface area contributed by atoms with E-state index < -0.39 is 0 Å². The number of hydrogen-bond acceptors (Lipinski definition) is 3. The average Bonchev–Trinajstić information content (AvgIpc) is 3.60. The lowest BCUT2D eigenvalue weighted by Crippen LogP contribution is -2.48. The minimum atomic E-state index is 0.152. The van der Waals surface area contributed by atoms with Gasteiger partial charge in [-0.2, -0.15) is 0 Å². The third kappa shape index (κ3) is 6.13. The second-order valence-corrected chi connectivity index (χ2v) is 8.28. The minimum absolute atomic E-state index is 0.152. The molecule has 148 valence electrons. The first-order chi connectivity index (χ1) is 13.7. The summed E-state index contributed by atoms with van der Waals surface area (Å²) < 4.78 is 0. The van der Waals surface area contributed by atoms with E-state index in [1.807, 2.05) is 23.1 Å². The molecule has 1 aliphatic carbocycles.